The van der Waals surface area contributed by atoms with Gasteiger partial charge in [0.1, 0.15) is 0 Å². The molecule has 1 heterocycles. The van der Waals surface area contributed by atoms with E-state index >= 15 is 0 Å². The predicted octanol–water partition coefficient (Wildman–Crippen LogP) is 3.55. The molecule has 3 heteroatoms. The second-order valence-corrected chi connectivity index (χ2v) is 6.69. The first-order chi connectivity index (χ1) is 10.6. The number of hydrogen-bond donors (Lipinski definition) is 0. The summed E-state index contributed by atoms with van der Waals surface area (Å²) in [5, 5.41) is 0. The zero-order valence-corrected chi connectivity index (χ0v) is 14.3. The Morgan fingerprint density at radius 2 is 2.00 bits per heavy atom. The molecule has 22 heavy (non-hydrogen) atoms. The summed E-state index contributed by atoms with van der Waals surface area (Å²) in [5.74, 6) is 1.06. The number of benzene rings is 1. The van der Waals surface area contributed by atoms with E-state index in [4.69, 9.17) is 0 Å². The molecule has 1 aromatic rings. The Morgan fingerprint density at radius 1 is 1.27 bits per heavy atom. The van der Waals surface area contributed by atoms with Crippen LogP contribution in [0.2, 0.25) is 0 Å². The highest BCUT2D eigenvalue weighted by Gasteiger charge is 2.27. The summed E-state index contributed by atoms with van der Waals surface area (Å²) in [4.78, 5) is 17.2. The Balaban J connectivity index is 1.98. The fraction of sp³-hybridized carbons (Fsp3) is 0.632. The van der Waals surface area contributed by atoms with Gasteiger partial charge in [-0.15, -0.1) is 0 Å². The second-order valence-electron chi connectivity index (χ2n) is 6.69. The molecular formula is C19H30N2O. The van der Waals surface area contributed by atoms with E-state index in [0.29, 0.717) is 5.91 Å². The first-order valence-corrected chi connectivity index (χ1v) is 8.64. The van der Waals surface area contributed by atoms with Crippen molar-refractivity contribution in [3.8, 4) is 0 Å². The minimum Gasteiger partial charge on any atom is -0.341 e. The lowest BCUT2D eigenvalue weighted by atomic mass is 10.0. The molecule has 0 aliphatic carbocycles. The summed E-state index contributed by atoms with van der Waals surface area (Å²) in [6.07, 6.45) is 4.41. The van der Waals surface area contributed by atoms with E-state index in [0.717, 1.165) is 44.8 Å². The van der Waals surface area contributed by atoms with Crippen molar-refractivity contribution in [2.45, 2.75) is 52.1 Å². The average Bonchev–Trinajstić information content (AvgIpc) is 2.73. The largest absolute Gasteiger partial charge is 0.341 e. The van der Waals surface area contributed by atoms with Crippen LogP contribution in [0.4, 0.5) is 0 Å². The second kappa shape index (κ2) is 8.33. The van der Waals surface area contributed by atoms with E-state index in [1.807, 2.05) is 6.07 Å². The van der Waals surface area contributed by atoms with E-state index in [1.54, 1.807) is 0 Å². The maximum absolute atomic E-state index is 12.9. The maximum Gasteiger partial charge on any atom is 0.239 e. The fourth-order valence-corrected chi connectivity index (χ4v) is 3.35. The van der Waals surface area contributed by atoms with Crippen molar-refractivity contribution in [1.82, 2.24) is 9.80 Å². The van der Waals surface area contributed by atoms with E-state index in [9.17, 15) is 4.79 Å². The van der Waals surface area contributed by atoms with Gasteiger partial charge in [-0.25, -0.2) is 0 Å². The van der Waals surface area contributed by atoms with Crippen LogP contribution in [-0.2, 0) is 11.3 Å². The van der Waals surface area contributed by atoms with Gasteiger partial charge in [0.2, 0.25) is 5.91 Å². The van der Waals surface area contributed by atoms with Gasteiger partial charge in [0.05, 0.1) is 6.04 Å². The summed E-state index contributed by atoms with van der Waals surface area (Å²) >= 11 is 0. The highest BCUT2D eigenvalue weighted by atomic mass is 16.2. The van der Waals surface area contributed by atoms with Gasteiger partial charge in [-0.2, -0.15) is 0 Å². The summed E-state index contributed by atoms with van der Waals surface area (Å²) in [6.45, 7) is 7.10. The SMILES string of the molecule is CC[C@@H](C(=O)N1CCC[C@@H](C)CC1)N(C)Cc1ccccc1. The Hall–Kier alpha value is -1.35. The molecule has 0 unspecified atom stereocenters. The number of likely N-dealkylation sites (N-methyl/N-ethyl adjacent to an activating group) is 1. The van der Waals surface area contributed by atoms with Gasteiger partial charge in [-0.05, 0) is 44.2 Å². The van der Waals surface area contributed by atoms with E-state index in [2.05, 4.69) is 55.0 Å². The van der Waals surface area contributed by atoms with E-state index < -0.39 is 0 Å². The van der Waals surface area contributed by atoms with Gasteiger partial charge in [-0.1, -0.05) is 44.2 Å². The van der Waals surface area contributed by atoms with Crippen molar-refractivity contribution in [2.24, 2.45) is 5.92 Å². The first-order valence-electron chi connectivity index (χ1n) is 8.64. The predicted molar refractivity (Wildman–Crippen MR) is 91.6 cm³/mol. The van der Waals surface area contributed by atoms with Crippen LogP contribution in [0.25, 0.3) is 0 Å². The molecule has 2 rings (SSSR count). The van der Waals surface area contributed by atoms with Gasteiger partial charge in [0.25, 0.3) is 0 Å². The molecule has 0 saturated carbocycles. The third-order valence-corrected chi connectivity index (χ3v) is 4.81. The molecule has 1 aliphatic rings. The third-order valence-electron chi connectivity index (χ3n) is 4.81. The van der Waals surface area contributed by atoms with Crippen LogP contribution >= 0.6 is 0 Å². The Morgan fingerprint density at radius 3 is 2.68 bits per heavy atom. The zero-order valence-electron chi connectivity index (χ0n) is 14.3. The van der Waals surface area contributed by atoms with Crippen LogP contribution in [0.15, 0.2) is 30.3 Å². The molecule has 1 amide bonds. The Kier molecular flexibility index (Phi) is 6.44. The van der Waals surface area contributed by atoms with E-state index in [-0.39, 0.29) is 6.04 Å². The lowest BCUT2D eigenvalue weighted by Gasteiger charge is -2.31. The molecule has 122 valence electrons. The Bertz CT molecular complexity index is 460. The van der Waals surface area contributed by atoms with Gasteiger partial charge >= 0.3 is 0 Å². The van der Waals surface area contributed by atoms with Crippen molar-refractivity contribution >= 4 is 5.91 Å². The molecule has 3 nitrogen and oxygen atoms in total. The highest BCUT2D eigenvalue weighted by molar-refractivity contribution is 5.81. The number of carbonyl (C=O) groups is 1. The highest BCUT2D eigenvalue weighted by Crippen LogP contribution is 2.19. The van der Waals surface area contributed by atoms with Crippen LogP contribution in [0.1, 0.15) is 45.1 Å². The average molecular weight is 302 g/mol. The topological polar surface area (TPSA) is 23.6 Å². The van der Waals surface area contributed by atoms with Crippen molar-refractivity contribution in [2.75, 3.05) is 20.1 Å². The molecule has 1 fully saturated rings. The zero-order chi connectivity index (χ0) is 15.9. The lowest BCUT2D eigenvalue weighted by Crippen LogP contribution is -2.47. The molecule has 1 aromatic carbocycles. The summed E-state index contributed by atoms with van der Waals surface area (Å²) in [7, 11) is 2.07. The van der Waals surface area contributed by atoms with Crippen molar-refractivity contribution in [3.05, 3.63) is 35.9 Å². The van der Waals surface area contributed by atoms with Gasteiger partial charge in [-0.3, -0.25) is 9.69 Å². The maximum atomic E-state index is 12.9. The first kappa shape index (κ1) is 17.0. The summed E-state index contributed by atoms with van der Waals surface area (Å²) in [5.41, 5.74) is 1.26. The van der Waals surface area contributed by atoms with Crippen LogP contribution in [0, 0.1) is 5.92 Å². The molecule has 0 aromatic heterocycles. The number of hydrogen-bond acceptors (Lipinski definition) is 2. The molecule has 0 bridgehead atoms. The van der Waals surface area contributed by atoms with Gasteiger partial charge < -0.3 is 4.90 Å². The molecule has 1 saturated heterocycles. The van der Waals surface area contributed by atoms with E-state index in [1.165, 1.54) is 12.0 Å². The quantitative estimate of drug-likeness (QED) is 0.830. The number of likely N-dealkylation sites (tertiary alicyclic amines) is 1. The number of nitrogens with zero attached hydrogens (tertiary/aromatic N) is 2. The molecule has 2 atom stereocenters. The number of carbonyl (C=O) groups excluding carboxylic acids is 1. The normalized spacial score (nSPS) is 20.7. The molecule has 0 radical (unpaired) electrons. The van der Waals surface area contributed by atoms with Crippen LogP contribution in [0.5, 0.6) is 0 Å². The number of amides is 1. The van der Waals surface area contributed by atoms with Gasteiger partial charge in [0.15, 0.2) is 0 Å². The summed E-state index contributed by atoms with van der Waals surface area (Å²) in [6, 6.07) is 10.4. The summed E-state index contributed by atoms with van der Waals surface area (Å²) < 4.78 is 0. The standard InChI is InChI=1S/C19H30N2O/c1-4-18(20(3)15-17-10-6-5-7-11-17)19(22)21-13-8-9-16(2)12-14-21/h5-7,10-11,16,18H,4,8-9,12-15H2,1-3H3/t16-,18+/m1/s1. The van der Waals surface area contributed by atoms with Crippen molar-refractivity contribution < 1.29 is 4.79 Å². The fourth-order valence-electron chi connectivity index (χ4n) is 3.35. The third kappa shape index (κ3) is 4.57. The van der Waals surface area contributed by atoms with Crippen LogP contribution in [-0.4, -0.2) is 41.9 Å². The molecule has 0 spiro atoms. The van der Waals surface area contributed by atoms with Crippen molar-refractivity contribution in [1.29, 1.82) is 0 Å². The van der Waals surface area contributed by atoms with Crippen LogP contribution < -0.4 is 0 Å². The number of rotatable bonds is 5. The van der Waals surface area contributed by atoms with Crippen molar-refractivity contribution in [3.63, 3.8) is 0 Å². The molecule has 1 aliphatic heterocycles. The minimum atomic E-state index is -0.00591. The van der Waals surface area contributed by atoms with Gasteiger partial charge in [0, 0.05) is 19.6 Å². The molecular weight excluding hydrogens is 272 g/mol. The molecule has 0 N–H and O–H groups in total. The Labute approximate surface area is 135 Å². The minimum absolute atomic E-state index is 0.00591. The smallest absolute Gasteiger partial charge is 0.239 e. The van der Waals surface area contributed by atoms with Crippen LogP contribution in [0.3, 0.4) is 0 Å². The lowest BCUT2D eigenvalue weighted by molar-refractivity contribution is -0.136. The monoisotopic (exact) mass is 302 g/mol.